The number of carbonyl (C=O) groups excluding carboxylic acids is 1. The number of anilines is 1. The van der Waals surface area contributed by atoms with Gasteiger partial charge >= 0.3 is 0 Å². The molecule has 0 saturated carbocycles. The first-order valence-corrected chi connectivity index (χ1v) is 10.8. The maximum absolute atomic E-state index is 13.5. The number of hydrogen-bond acceptors (Lipinski definition) is 3. The van der Waals surface area contributed by atoms with Crippen LogP contribution in [0.1, 0.15) is 37.8 Å². The van der Waals surface area contributed by atoms with E-state index in [1.54, 1.807) is 6.92 Å². The van der Waals surface area contributed by atoms with Gasteiger partial charge in [0.25, 0.3) is 0 Å². The van der Waals surface area contributed by atoms with Gasteiger partial charge in [-0.2, -0.15) is 0 Å². The van der Waals surface area contributed by atoms with E-state index in [4.69, 9.17) is 23.2 Å². The van der Waals surface area contributed by atoms with E-state index in [-0.39, 0.29) is 11.8 Å². The first-order chi connectivity index (χ1) is 13.5. The molecule has 1 saturated heterocycles. The van der Waals surface area contributed by atoms with Gasteiger partial charge < -0.3 is 4.90 Å². The van der Waals surface area contributed by atoms with Crippen molar-refractivity contribution in [3.63, 3.8) is 0 Å². The molecule has 28 heavy (non-hydrogen) atoms. The average molecular weight is 417 g/mol. The highest BCUT2D eigenvalue weighted by Crippen LogP contribution is 2.45. The van der Waals surface area contributed by atoms with E-state index in [9.17, 15) is 4.79 Å². The molecule has 0 spiro atoms. The van der Waals surface area contributed by atoms with Crippen LogP contribution < -0.4 is 4.90 Å². The lowest BCUT2D eigenvalue weighted by molar-refractivity contribution is -0.125. The third kappa shape index (κ3) is 3.04. The number of rotatable bonds is 4. The van der Waals surface area contributed by atoms with Crippen molar-refractivity contribution < 1.29 is 4.79 Å². The summed E-state index contributed by atoms with van der Waals surface area (Å²) in [5, 5.41) is 1.05. The first-order valence-electron chi connectivity index (χ1n) is 10.0. The van der Waals surface area contributed by atoms with E-state index in [2.05, 4.69) is 34.9 Å². The van der Waals surface area contributed by atoms with Crippen LogP contribution in [0, 0.1) is 0 Å². The largest absolute Gasteiger partial charge is 0.353 e. The summed E-state index contributed by atoms with van der Waals surface area (Å²) in [6.45, 7) is 6.78. The van der Waals surface area contributed by atoms with Crippen LogP contribution >= 0.6 is 23.2 Å². The Morgan fingerprint density at radius 3 is 2.43 bits per heavy atom. The molecule has 1 fully saturated rings. The van der Waals surface area contributed by atoms with Gasteiger partial charge in [-0.15, -0.1) is 0 Å². The number of nitrogens with zero attached hydrogens (tertiary/aromatic N) is 2. The summed E-state index contributed by atoms with van der Waals surface area (Å²) in [4.78, 5) is 18.2. The van der Waals surface area contributed by atoms with Crippen LogP contribution in [0.15, 0.2) is 42.5 Å². The van der Waals surface area contributed by atoms with Crippen molar-refractivity contribution >= 4 is 34.7 Å². The lowest BCUT2D eigenvalue weighted by Crippen LogP contribution is -2.65. The Hall–Kier alpha value is -1.55. The number of likely N-dealkylation sites (tertiary alicyclic amines) is 1. The van der Waals surface area contributed by atoms with Crippen LogP contribution in [0.3, 0.4) is 0 Å². The zero-order chi connectivity index (χ0) is 19.9. The second-order valence-electron chi connectivity index (χ2n) is 7.90. The van der Waals surface area contributed by atoms with Crippen molar-refractivity contribution in [3.05, 3.63) is 63.6 Å². The van der Waals surface area contributed by atoms with Crippen LogP contribution in [-0.4, -0.2) is 36.4 Å². The summed E-state index contributed by atoms with van der Waals surface area (Å²) in [5.74, 6) is 0.171. The first kappa shape index (κ1) is 19.8. The number of fused-ring (bicyclic) bond motifs is 1. The Labute approximate surface area is 177 Å². The highest BCUT2D eigenvalue weighted by molar-refractivity contribution is 6.42. The molecule has 0 aromatic heterocycles. The summed E-state index contributed by atoms with van der Waals surface area (Å²) < 4.78 is 0. The Kier molecular flexibility index (Phi) is 5.43. The minimum Gasteiger partial charge on any atom is -0.353 e. The fraction of sp³-hybridized carbons (Fsp3) is 0.435. The van der Waals surface area contributed by atoms with Gasteiger partial charge in [-0.05, 0) is 75.5 Å². The van der Waals surface area contributed by atoms with Gasteiger partial charge in [-0.3, -0.25) is 9.69 Å². The Morgan fingerprint density at radius 2 is 1.75 bits per heavy atom. The summed E-state index contributed by atoms with van der Waals surface area (Å²) in [6.07, 6.45) is 3.28. The Bertz CT molecular complexity index is 894. The molecule has 3 nitrogen and oxygen atoms in total. The maximum atomic E-state index is 13.5. The normalized spacial score (nSPS) is 23.5. The lowest BCUT2D eigenvalue weighted by Gasteiger charge is -2.53. The quantitative estimate of drug-likeness (QED) is 0.672. The predicted octanol–water partition coefficient (Wildman–Crippen LogP) is 5.32. The van der Waals surface area contributed by atoms with Crippen molar-refractivity contribution in [3.8, 4) is 0 Å². The van der Waals surface area contributed by atoms with Crippen molar-refractivity contribution in [2.24, 2.45) is 0 Å². The fourth-order valence-electron chi connectivity index (χ4n) is 5.17. The minimum absolute atomic E-state index is 0.0587. The number of benzene rings is 2. The Balaban J connectivity index is 1.93. The van der Waals surface area contributed by atoms with E-state index in [1.807, 2.05) is 24.3 Å². The number of Topliss-reactive ketones (excluding diaryl/α,β-unsaturated/α-hetero) is 1. The summed E-state index contributed by atoms with van der Waals surface area (Å²) >= 11 is 12.5. The molecule has 5 heteroatoms. The van der Waals surface area contributed by atoms with Crippen LogP contribution in [-0.2, 0) is 16.8 Å². The van der Waals surface area contributed by atoms with Gasteiger partial charge in [0.2, 0.25) is 0 Å². The second kappa shape index (κ2) is 7.70. The molecule has 0 radical (unpaired) electrons. The number of halogens is 2. The van der Waals surface area contributed by atoms with Crippen LogP contribution in [0.2, 0.25) is 10.0 Å². The maximum Gasteiger partial charge on any atom is 0.161 e. The molecule has 2 heterocycles. The molecule has 2 aliphatic rings. The summed E-state index contributed by atoms with van der Waals surface area (Å²) in [7, 11) is 0. The van der Waals surface area contributed by atoms with Crippen LogP contribution in [0.25, 0.3) is 0 Å². The van der Waals surface area contributed by atoms with Crippen molar-refractivity contribution in [2.45, 2.75) is 44.7 Å². The van der Waals surface area contributed by atoms with E-state index in [0.717, 1.165) is 37.3 Å². The van der Waals surface area contributed by atoms with Gasteiger partial charge in [0.15, 0.2) is 5.78 Å². The molecule has 0 amide bonds. The molecule has 0 N–H and O–H groups in total. The molecule has 2 atom stereocenters. The molecule has 0 bridgehead atoms. The van der Waals surface area contributed by atoms with Gasteiger partial charge in [-0.1, -0.05) is 47.5 Å². The van der Waals surface area contributed by atoms with E-state index >= 15 is 0 Å². The lowest BCUT2D eigenvalue weighted by atomic mass is 9.72. The number of carbonyl (C=O) groups is 1. The minimum atomic E-state index is -0.740. The highest BCUT2D eigenvalue weighted by atomic mass is 35.5. The molecule has 0 aliphatic carbocycles. The second-order valence-corrected chi connectivity index (χ2v) is 8.71. The van der Waals surface area contributed by atoms with Gasteiger partial charge in [-0.25, -0.2) is 0 Å². The average Bonchev–Trinajstić information content (AvgIpc) is 3.23. The third-order valence-electron chi connectivity index (χ3n) is 6.50. The topological polar surface area (TPSA) is 23.6 Å². The van der Waals surface area contributed by atoms with E-state index in [0.29, 0.717) is 10.0 Å². The van der Waals surface area contributed by atoms with Crippen molar-refractivity contribution in [1.29, 1.82) is 0 Å². The fourth-order valence-corrected chi connectivity index (χ4v) is 5.46. The van der Waals surface area contributed by atoms with Crippen LogP contribution in [0.5, 0.6) is 0 Å². The number of hydrogen-bond donors (Lipinski definition) is 0. The van der Waals surface area contributed by atoms with Gasteiger partial charge in [0, 0.05) is 18.3 Å². The van der Waals surface area contributed by atoms with Gasteiger partial charge in [0.1, 0.15) is 5.54 Å². The molecule has 2 aromatic carbocycles. The molecular weight excluding hydrogens is 391 g/mol. The standard InChI is InChI=1S/C23H26Cl2N2O/c1-16(26-12-5-6-13-26)23(17(2)28)20-8-4-3-7-18(20)11-14-27(23)19-9-10-21(24)22(25)15-19/h3-4,7-10,15-16H,5-6,11-14H2,1-2H3. The zero-order valence-electron chi connectivity index (χ0n) is 16.4. The van der Waals surface area contributed by atoms with Gasteiger partial charge in [0.05, 0.1) is 10.0 Å². The SMILES string of the molecule is CC(=O)C1(C(C)N2CCCC2)c2ccccc2CCN1c1ccc(Cl)c(Cl)c1. The Morgan fingerprint density at radius 1 is 1.04 bits per heavy atom. The molecule has 148 valence electrons. The molecule has 2 aromatic rings. The number of ketones is 1. The third-order valence-corrected chi connectivity index (χ3v) is 7.24. The summed E-state index contributed by atoms with van der Waals surface area (Å²) in [6, 6.07) is 14.2. The predicted molar refractivity (Wildman–Crippen MR) is 117 cm³/mol. The van der Waals surface area contributed by atoms with E-state index in [1.165, 1.54) is 18.4 Å². The van der Waals surface area contributed by atoms with Crippen molar-refractivity contribution in [1.82, 2.24) is 4.90 Å². The van der Waals surface area contributed by atoms with Crippen molar-refractivity contribution in [2.75, 3.05) is 24.5 Å². The molecule has 2 unspecified atom stereocenters. The highest BCUT2D eigenvalue weighted by Gasteiger charge is 2.52. The molecule has 4 rings (SSSR count). The van der Waals surface area contributed by atoms with Crippen LogP contribution in [0.4, 0.5) is 5.69 Å². The molecular formula is C23H26Cl2N2O. The summed E-state index contributed by atoms with van der Waals surface area (Å²) in [5.41, 5.74) is 2.60. The zero-order valence-corrected chi connectivity index (χ0v) is 17.9. The molecule has 2 aliphatic heterocycles. The smallest absolute Gasteiger partial charge is 0.161 e. The van der Waals surface area contributed by atoms with E-state index < -0.39 is 5.54 Å². The monoisotopic (exact) mass is 416 g/mol.